The molecule has 5 aromatic rings. The number of benzene rings is 2. The molecule has 0 atom stereocenters. The van der Waals surface area contributed by atoms with Crippen molar-refractivity contribution in [1.29, 1.82) is 5.26 Å². The van der Waals surface area contributed by atoms with Crippen molar-refractivity contribution in [2.45, 2.75) is 38.8 Å². The molecule has 37 heavy (non-hydrogen) atoms. The van der Waals surface area contributed by atoms with Crippen molar-refractivity contribution in [3.63, 3.8) is 0 Å². The summed E-state index contributed by atoms with van der Waals surface area (Å²) in [6, 6.07) is 19.9. The molecule has 1 aliphatic rings. The number of aryl methyl sites for hydroxylation is 1. The third-order valence-corrected chi connectivity index (χ3v) is 8.06. The van der Waals surface area contributed by atoms with E-state index in [2.05, 4.69) is 21.4 Å². The van der Waals surface area contributed by atoms with Crippen LogP contribution in [0.25, 0.3) is 10.8 Å². The second kappa shape index (κ2) is 9.96. The first kappa shape index (κ1) is 23.1. The van der Waals surface area contributed by atoms with Crippen molar-refractivity contribution in [1.82, 2.24) is 20.0 Å². The van der Waals surface area contributed by atoms with E-state index in [4.69, 9.17) is 0 Å². The first-order chi connectivity index (χ1) is 18.2. The summed E-state index contributed by atoms with van der Waals surface area (Å²) in [5.74, 6) is -0.145. The molecule has 1 aliphatic carbocycles. The van der Waals surface area contributed by atoms with Gasteiger partial charge in [0.25, 0.3) is 5.91 Å². The van der Waals surface area contributed by atoms with Crippen LogP contribution in [0, 0.1) is 11.3 Å². The highest BCUT2D eigenvalue weighted by Gasteiger charge is 2.29. The molecule has 0 spiro atoms. The van der Waals surface area contributed by atoms with E-state index in [-0.39, 0.29) is 12.5 Å². The summed E-state index contributed by atoms with van der Waals surface area (Å²) < 4.78 is 1.75. The van der Waals surface area contributed by atoms with Crippen LogP contribution < -0.4 is 4.90 Å². The van der Waals surface area contributed by atoms with E-state index in [9.17, 15) is 10.1 Å². The maximum atomic E-state index is 14.2. The van der Waals surface area contributed by atoms with Gasteiger partial charge in [0, 0.05) is 22.8 Å². The fraction of sp³-hybridized carbons (Fsp3) is 0.207. The predicted molar refractivity (Wildman–Crippen MR) is 143 cm³/mol. The summed E-state index contributed by atoms with van der Waals surface area (Å²) in [5.41, 5.74) is 4.00. The number of aromatic nitrogens is 4. The van der Waals surface area contributed by atoms with Gasteiger partial charge in [0.15, 0.2) is 0 Å². The summed E-state index contributed by atoms with van der Waals surface area (Å²) >= 11 is 1.57. The van der Waals surface area contributed by atoms with E-state index in [1.54, 1.807) is 33.3 Å². The normalized spacial score (nSPS) is 12.7. The van der Waals surface area contributed by atoms with Gasteiger partial charge in [0.2, 0.25) is 0 Å². The minimum atomic E-state index is -0.145. The molecule has 0 unspecified atom stereocenters. The zero-order valence-corrected chi connectivity index (χ0v) is 21.0. The minimum absolute atomic E-state index is 0.145. The zero-order valence-electron chi connectivity index (χ0n) is 20.2. The summed E-state index contributed by atoms with van der Waals surface area (Å²) in [7, 11) is 0. The second-order valence-corrected chi connectivity index (χ2v) is 10.3. The average molecular weight is 505 g/mol. The number of nitriles is 1. The average Bonchev–Trinajstić information content (AvgIpc) is 3.55. The van der Waals surface area contributed by atoms with Crippen LogP contribution in [0.4, 0.5) is 5.00 Å². The summed E-state index contributed by atoms with van der Waals surface area (Å²) in [4.78, 5) is 21.3. The Morgan fingerprint density at radius 3 is 2.81 bits per heavy atom. The van der Waals surface area contributed by atoms with E-state index < -0.39 is 0 Å². The largest absolute Gasteiger partial charge is 0.292 e. The summed E-state index contributed by atoms with van der Waals surface area (Å²) in [6.45, 7) is 0.762. The Balaban J connectivity index is 1.41. The highest BCUT2D eigenvalue weighted by atomic mass is 32.1. The molecular weight excluding hydrogens is 480 g/mol. The quantitative estimate of drug-likeness (QED) is 0.303. The van der Waals surface area contributed by atoms with Crippen LogP contribution in [0.3, 0.4) is 0 Å². The van der Waals surface area contributed by atoms with Crippen molar-refractivity contribution in [2.24, 2.45) is 0 Å². The molecule has 3 aromatic heterocycles. The van der Waals surface area contributed by atoms with Gasteiger partial charge in [-0.15, -0.1) is 16.4 Å². The second-order valence-electron chi connectivity index (χ2n) is 9.19. The highest BCUT2D eigenvalue weighted by molar-refractivity contribution is 7.16. The Labute approximate surface area is 218 Å². The third kappa shape index (κ3) is 4.50. The molecule has 0 radical (unpaired) electrons. The molecular formula is C29H24N6OS. The maximum Gasteiger partial charge on any atom is 0.259 e. The van der Waals surface area contributed by atoms with Crippen molar-refractivity contribution in [3.05, 3.63) is 106 Å². The topological polar surface area (TPSA) is 87.7 Å². The first-order valence-electron chi connectivity index (χ1n) is 12.3. The minimum Gasteiger partial charge on any atom is -0.292 e. The monoisotopic (exact) mass is 504 g/mol. The van der Waals surface area contributed by atoms with Gasteiger partial charge >= 0.3 is 0 Å². The van der Waals surface area contributed by atoms with Crippen molar-refractivity contribution < 1.29 is 4.79 Å². The lowest BCUT2D eigenvalue weighted by Gasteiger charge is -2.21. The Morgan fingerprint density at radius 2 is 1.95 bits per heavy atom. The number of carbonyl (C=O) groups is 1. The number of nitrogens with zero attached hydrogens (tertiary/aromatic N) is 6. The van der Waals surface area contributed by atoms with Gasteiger partial charge in [-0.05, 0) is 59.7 Å². The molecule has 0 bridgehead atoms. The summed E-state index contributed by atoms with van der Waals surface area (Å²) in [6.07, 6.45) is 9.40. The van der Waals surface area contributed by atoms with Crippen molar-refractivity contribution in [2.75, 3.05) is 4.90 Å². The molecule has 0 aliphatic heterocycles. The molecule has 1 amide bonds. The molecule has 0 N–H and O–H groups in total. The fourth-order valence-corrected chi connectivity index (χ4v) is 6.31. The SMILES string of the molecule is N#Cc1c(N(Cc2cn(Cc3cccnc3)nn2)C(=O)c2cccc3ccccc23)sc2c1CCCC2. The number of thiophene rings is 1. The van der Waals surface area contributed by atoms with Gasteiger partial charge in [-0.1, -0.05) is 47.7 Å². The van der Waals surface area contributed by atoms with Gasteiger partial charge in [-0.25, -0.2) is 4.68 Å². The molecule has 182 valence electrons. The number of fused-ring (bicyclic) bond motifs is 2. The maximum absolute atomic E-state index is 14.2. The van der Waals surface area contributed by atoms with E-state index in [0.29, 0.717) is 28.4 Å². The van der Waals surface area contributed by atoms with Crippen LogP contribution >= 0.6 is 11.3 Å². The lowest BCUT2D eigenvalue weighted by atomic mass is 9.96. The number of anilines is 1. The molecule has 3 heterocycles. The number of hydrogen-bond donors (Lipinski definition) is 0. The molecule has 2 aromatic carbocycles. The van der Waals surface area contributed by atoms with Crippen LogP contribution in [0.15, 0.2) is 73.2 Å². The van der Waals surface area contributed by atoms with Crippen LogP contribution in [0.1, 0.15) is 50.5 Å². The van der Waals surface area contributed by atoms with Gasteiger partial charge in [-0.2, -0.15) is 5.26 Å². The predicted octanol–water partition coefficient (Wildman–Crippen LogP) is 5.53. The third-order valence-electron chi connectivity index (χ3n) is 6.75. The van der Waals surface area contributed by atoms with Gasteiger partial charge in [-0.3, -0.25) is 14.7 Å². The molecule has 8 heteroatoms. The number of carbonyl (C=O) groups excluding carboxylic acids is 1. The number of amides is 1. The highest BCUT2D eigenvalue weighted by Crippen LogP contribution is 2.41. The molecule has 7 nitrogen and oxygen atoms in total. The smallest absolute Gasteiger partial charge is 0.259 e. The molecule has 0 fully saturated rings. The Bertz CT molecular complexity index is 1630. The molecule has 0 saturated carbocycles. The van der Waals surface area contributed by atoms with Gasteiger partial charge in [0.05, 0.1) is 24.8 Å². The standard InChI is InChI=1S/C29H24N6OS/c30-15-26-24-11-3-4-13-27(24)37-29(26)35(28(36)25-12-5-9-21-8-1-2-10-23(21)25)19-22-18-34(33-32-22)17-20-7-6-14-31-16-20/h1-2,5-10,12,14,16,18H,3-4,11,13,17,19H2. The Hall–Kier alpha value is -4.35. The Morgan fingerprint density at radius 1 is 1.08 bits per heavy atom. The first-order valence-corrected chi connectivity index (χ1v) is 13.1. The van der Waals surface area contributed by atoms with E-state index in [1.165, 1.54) is 4.88 Å². The number of hydrogen-bond acceptors (Lipinski definition) is 6. The van der Waals surface area contributed by atoms with Crippen molar-refractivity contribution >= 4 is 33.0 Å². The summed E-state index contributed by atoms with van der Waals surface area (Å²) in [5, 5.41) is 21.4. The van der Waals surface area contributed by atoms with E-state index in [1.807, 2.05) is 60.8 Å². The fourth-order valence-electron chi connectivity index (χ4n) is 4.98. The van der Waals surface area contributed by atoms with E-state index >= 15 is 0 Å². The van der Waals surface area contributed by atoms with E-state index in [0.717, 1.165) is 47.6 Å². The zero-order chi connectivity index (χ0) is 25.2. The van der Waals surface area contributed by atoms with Crippen LogP contribution in [-0.2, 0) is 25.9 Å². The lowest BCUT2D eigenvalue weighted by Crippen LogP contribution is -2.30. The Kier molecular flexibility index (Phi) is 6.21. The van der Waals surface area contributed by atoms with Crippen molar-refractivity contribution in [3.8, 4) is 6.07 Å². The molecule has 6 rings (SSSR count). The van der Waals surface area contributed by atoms with Gasteiger partial charge < -0.3 is 0 Å². The number of pyridine rings is 1. The van der Waals surface area contributed by atoms with Crippen LogP contribution in [0.2, 0.25) is 0 Å². The van der Waals surface area contributed by atoms with Gasteiger partial charge in [0.1, 0.15) is 16.8 Å². The lowest BCUT2D eigenvalue weighted by molar-refractivity contribution is 0.0987. The molecule has 0 saturated heterocycles. The van der Waals surface area contributed by atoms with Crippen LogP contribution in [-0.4, -0.2) is 25.9 Å². The number of rotatable bonds is 6. The van der Waals surface area contributed by atoms with Crippen LogP contribution in [0.5, 0.6) is 0 Å².